The van der Waals surface area contributed by atoms with Gasteiger partial charge in [-0.3, -0.25) is 0 Å². The second-order valence-corrected chi connectivity index (χ2v) is 2.43. The summed E-state index contributed by atoms with van der Waals surface area (Å²) >= 11 is 0. The van der Waals surface area contributed by atoms with Crippen LogP contribution < -0.4 is 0 Å². The Morgan fingerprint density at radius 3 is 2.50 bits per heavy atom. The van der Waals surface area contributed by atoms with Crippen LogP contribution in [0.1, 0.15) is 18.9 Å². The minimum atomic E-state index is 1.18. The lowest BCUT2D eigenvalue weighted by Crippen LogP contribution is -1.82. The molecule has 0 saturated carbocycles. The summed E-state index contributed by atoms with van der Waals surface area (Å²) in [6, 6.07) is 10.6. The summed E-state index contributed by atoms with van der Waals surface area (Å²) in [7, 11) is 0. The lowest BCUT2D eigenvalue weighted by Gasteiger charge is -1.96. The maximum absolute atomic E-state index is 2.20. The topological polar surface area (TPSA) is 0 Å². The molecular weight excluding hydrogens is 120 g/mol. The molecule has 0 heteroatoms. The SMILES string of the molecule is C[CH]CCc1ccccc1. The molecule has 1 radical (unpaired) electrons. The quantitative estimate of drug-likeness (QED) is 0.594. The van der Waals surface area contributed by atoms with E-state index in [4.69, 9.17) is 0 Å². The molecule has 0 aliphatic heterocycles. The lowest BCUT2D eigenvalue weighted by molar-refractivity contribution is 0.937. The zero-order valence-corrected chi connectivity index (χ0v) is 6.38. The largest absolute Gasteiger partial charge is 0.0622 e. The van der Waals surface area contributed by atoms with E-state index >= 15 is 0 Å². The third-order valence-corrected chi connectivity index (χ3v) is 1.56. The minimum absolute atomic E-state index is 1.18. The molecule has 0 spiro atoms. The normalized spacial score (nSPS) is 9.70. The summed E-state index contributed by atoms with van der Waals surface area (Å²) in [6.45, 7) is 2.10. The van der Waals surface area contributed by atoms with E-state index in [0.29, 0.717) is 0 Å². The number of hydrogen-bond donors (Lipinski definition) is 0. The Morgan fingerprint density at radius 1 is 1.20 bits per heavy atom. The molecule has 0 bridgehead atoms. The Balaban J connectivity index is 2.43. The van der Waals surface area contributed by atoms with Gasteiger partial charge in [0.1, 0.15) is 0 Å². The standard InChI is InChI=1S/C10H13/c1-2-3-7-10-8-5-4-6-9-10/h2,4-6,8-9H,3,7H2,1H3. The molecule has 0 N–H and O–H groups in total. The molecular formula is C10H13. The van der Waals surface area contributed by atoms with Gasteiger partial charge in [-0.25, -0.2) is 0 Å². The molecule has 0 amide bonds. The van der Waals surface area contributed by atoms with Crippen molar-refractivity contribution in [2.24, 2.45) is 0 Å². The van der Waals surface area contributed by atoms with Crippen molar-refractivity contribution in [1.29, 1.82) is 0 Å². The second kappa shape index (κ2) is 4.10. The van der Waals surface area contributed by atoms with E-state index in [9.17, 15) is 0 Å². The molecule has 0 fully saturated rings. The van der Waals surface area contributed by atoms with E-state index in [2.05, 4.69) is 43.7 Å². The van der Waals surface area contributed by atoms with Crippen molar-refractivity contribution >= 4 is 0 Å². The first kappa shape index (κ1) is 7.33. The Bertz CT molecular complexity index is 165. The Morgan fingerprint density at radius 2 is 1.90 bits per heavy atom. The van der Waals surface area contributed by atoms with Crippen LogP contribution in [-0.4, -0.2) is 0 Å². The van der Waals surface area contributed by atoms with Gasteiger partial charge in [0.15, 0.2) is 0 Å². The van der Waals surface area contributed by atoms with Gasteiger partial charge >= 0.3 is 0 Å². The van der Waals surface area contributed by atoms with Crippen molar-refractivity contribution in [3.8, 4) is 0 Å². The molecule has 0 atom stereocenters. The van der Waals surface area contributed by atoms with Gasteiger partial charge in [0, 0.05) is 0 Å². The van der Waals surface area contributed by atoms with Crippen LogP contribution in [0.2, 0.25) is 0 Å². The van der Waals surface area contributed by atoms with Gasteiger partial charge in [0.05, 0.1) is 0 Å². The summed E-state index contributed by atoms with van der Waals surface area (Å²) < 4.78 is 0. The predicted molar refractivity (Wildman–Crippen MR) is 44.7 cm³/mol. The van der Waals surface area contributed by atoms with Gasteiger partial charge in [0.2, 0.25) is 0 Å². The van der Waals surface area contributed by atoms with Crippen molar-refractivity contribution in [1.82, 2.24) is 0 Å². The maximum atomic E-state index is 2.20. The first-order valence-corrected chi connectivity index (χ1v) is 3.75. The molecule has 1 aromatic rings. The zero-order chi connectivity index (χ0) is 7.23. The number of unbranched alkanes of at least 4 members (excludes halogenated alkanes) is 1. The fraction of sp³-hybridized carbons (Fsp3) is 0.300. The van der Waals surface area contributed by atoms with Crippen LogP contribution in [0.3, 0.4) is 0 Å². The molecule has 1 aromatic carbocycles. The minimum Gasteiger partial charge on any atom is -0.0622 e. The van der Waals surface area contributed by atoms with Crippen LogP contribution in [0, 0.1) is 6.42 Å². The van der Waals surface area contributed by atoms with Gasteiger partial charge in [-0.15, -0.1) is 0 Å². The average molecular weight is 133 g/mol. The summed E-state index contributed by atoms with van der Waals surface area (Å²) in [5.74, 6) is 0. The molecule has 0 saturated heterocycles. The highest BCUT2D eigenvalue weighted by molar-refractivity contribution is 5.14. The van der Waals surface area contributed by atoms with Crippen molar-refractivity contribution in [3.63, 3.8) is 0 Å². The van der Waals surface area contributed by atoms with Crippen LogP contribution in [0.5, 0.6) is 0 Å². The average Bonchev–Trinajstić information content (AvgIpc) is 2.03. The molecule has 53 valence electrons. The molecule has 0 unspecified atom stereocenters. The molecule has 1 rings (SSSR count). The first-order valence-electron chi connectivity index (χ1n) is 3.75. The molecule has 0 aromatic heterocycles. The summed E-state index contributed by atoms with van der Waals surface area (Å²) in [4.78, 5) is 0. The van der Waals surface area contributed by atoms with E-state index in [1.165, 1.54) is 18.4 Å². The number of aryl methyl sites for hydroxylation is 1. The number of hydrogen-bond acceptors (Lipinski definition) is 0. The zero-order valence-electron chi connectivity index (χ0n) is 6.38. The summed E-state index contributed by atoms with van der Waals surface area (Å²) in [5.41, 5.74) is 1.43. The Hall–Kier alpha value is -0.780. The Kier molecular flexibility index (Phi) is 3.01. The highest BCUT2D eigenvalue weighted by Gasteiger charge is 1.87. The molecule has 0 nitrogen and oxygen atoms in total. The highest BCUT2D eigenvalue weighted by atomic mass is 13.9. The van der Waals surface area contributed by atoms with E-state index in [0.717, 1.165) is 0 Å². The third kappa shape index (κ3) is 2.22. The number of benzene rings is 1. The van der Waals surface area contributed by atoms with E-state index in [-0.39, 0.29) is 0 Å². The summed E-state index contributed by atoms with van der Waals surface area (Å²) in [6.07, 6.45) is 4.56. The van der Waals surface area contributed by atoms with Gasteiger partial charge < -0.3 is 0 Å². The van der Waals surface area contributed by atoms with Gasteiger partial charge in [-0.2, -0.15) is 0 Å². The first-order chi connectivity index (χ1) is 4.93. The van der Waals surface area contributed by atoms with Gasteiger partial charge in [-0.05, 0) is 24.8 Å². The molecule has 0 aliphatic rings. The monoisotopic (exact) mass is 133 g/mol. The van der Waals surface area contributed by atoms with E-state index in [1.807, 2.05) is 0 Å². The number of rotatable bonds is 3. The smallest absolute Gasteiger partial charge is 0.0276 e. The Labute approximate surface area is 62.9 Å². The highest BCUT2D eigenvalue weighted by Crippen LogP contribution is 2.02. The second-order valence-electron chi connectivity index (χ2n) is 2.43. The fourth-order valence-electron chi connectivity index (χ4n) is 0.956. The van der Waals surface area contributed by atoms with Crippen LogP contribution in [0.4, 0.5) is 0 Å². The van der Waals surface area contributed by atoms with Gasteiger partial charge in [0.25, 0.3) is 0 Å². The van der Waals surface area contributed by atoms with Crippen molar-refractivity contribution in [2.75, 3.05) is 0 Å². The van der Waals surface area contributed by atoms with E-state index < -0.39 is 0 Å². The molecule has 10 heavy (non-hydrogen) atoms. The van der Waals surface area contributed by atoms with Crippen molar-refractivity contribution in [3.05, 3.63) is 42.3 Å². The van der Waals surface area contributed by atoms with Crippen LogP contribution in [0.15, 0.2) is 30.3 Å². The lowest BCUT2D eigenvalue weighted by atomic mass is 10.1. The molecule has 0 aliphatic carbocycles. The maximum Gasteiger partial charge on any atom is -0.0276 e. The summed E-state index contributed by atoms with van der Waals surface area (Å²) in [5, 5.41) is 0. The molecule has 0 heterocycles. The third-order valence-electron chi connectivity index (χ3n) is 1.56. The van der Waals surface area contributed by atoms with Crippen molar-refractivity contribution in [2.45, 2.75) is 19.8 Å². The van der Waals surface area contributed by atoms with Gasteiger partial charge in [-0.1, -0.05) is 37.3 Å². The van der Waals surface area contributed by atoms with Crippen LogP contribution >= 0.6 is 0 Å². The van der Waals surface area contributed by atoms with Crippen LogP contribution in [-0.2, 0) is 6.42 Å². The predicted octanol–water partition coefficient (Wildman–Crippen LogP) is 2.84. The van der Waals surface area contributed by atoms with E-state index in [1.54, 1.807) is 0 Å². The van der Waals surface area contributed by atoms with Crippen molar-refractivity contribution < 1.29 is 0 Å². The van der Waals surface area contributed by atoms with Crippen LogP contribution in [0.25, 0.3) is 0 Å². The fourth-order valence-corrected chi connectivity index (χ4v) is 0.956.